The van der Waals surface area contributed by atoms with Crippen molar-refractivity contribution in [3.63, 3.8) is 0 Å². The molecule has 0 saturated carbocycles. The highest BCUT2D eigenvalue weighted by Gasteiger charge is 2.28. The Kier molecular flexibility index (Phi) is 7.68. The average Bonchev–Trinajstić information content (AvgIpc) is 2.98. The van der Waals surface area contributed by atoms with Crippen LogP contribution in [-0.4, -0.2) is 45.2 Å². The zero-order chi connectivity index (χ0) is 22.5. The summed E-state index contributed by atoms with van der Waals surface area (Å²) in [6, 6.07) is 4.04. The molecule has 0 saturated heterocycles. The summed E-state index contributed by atoms with van der Waals surface area (Å²) in [6.07, 6.45) is 0. The van der Waals surface area contributed by atoms with Gasteiger partial charge in [-0.15, -0.1) is 11.3 Å². The van der Waals surface area contributed by atoms with Crippen molar-refractivity contribution < 1.29 is 36.7 Å². The third kappa shape index (κ3) is 5.42. The molecule has 11 heteroatoms. The molecule has 0 spiro atoms. The summed E-state index contributed by atoms with van der Waals surface area (Å²) in [5.41, 5.74) is 0.214. The molecule has 0 bridgehead atoms. The molecule has 1 amide bonds. The molecular weight excluding hydrogens is 437 g/mol. The first-order chi connectivity index (χ1) is 14.1. The fourth-order valence-electron chi connectivity index (χ4n) is 2.50. The smallest absolute Gasteiger partial charge is 0.348 e. The highest BCUT2D eigenvalue weighted by atomic mass is 32.2. The van der Waals surface area contributed by atoms with Gasteiger partial charge >= 0.3 is 11.9 Å². The molecule has 0 aliphatic rings. The maximum atomic E-state index is 13.0. The summed E-state index contributed by atoms with van der Waals surface area (Å²) in [6.45, 7) is 4.90. The normalized spacial score (nSPS) is 11.1. The van der Waals surface area contributed by atoms with Gasteiger partial charge in [-0.25, -0.2) is 22.4 Å². The van der Waals surface area contributed by atoms with Crippen LogP contribution in [0.4, 0.5) is 9.39 Å². The standard InChI is InChI=1S/C19H20FNO7S2/c1-4-27-18(23)15-11(3)16(19(24)28-5-2)29-17(15)21-14(22)10-30(25,26)13-8-6-12(20)7-9-13/h6-9H,4-5,10H2,1-3H3,(H,21,22). The third-order valence-corrected chi connectivity index (χ3v) is 6.65. The molecule has 1 N–H and O–H groups in total. The van der Waals surface area contributed by atoms with Crippen molar-refractivity contribution in [2.24, 2.45) is 0 Å². The lowest BCUT2D eigenvalue weighted by atomic mass is 10.1. The van der Waals surface area contributed by atoms with E-state index in [2.05, 4.69) is 5.32 Å². The second-order valence-electron chi connectivity index (χ2n) is 5.96. The maximum absolute atomic E-state index is 13.0. The Hall–Kier alpha value is -2.79. The molecule has 162 valence electrons. The van der Waals surface area contributed by atoms with Gasteiger partial charge in [0.25, 0.3) is 0 Å². The number of hydrogen-bond donors (Lipinski definition) is 1. The zero-order valence-electron chi connectivity index (χ0n) is 16.5. The number of halogens is 1. The van der Waals surface area contributed by atoms with E-state index in [1.54, 1.807) is 13.8 Å². The van der Waals surface area contributed by atoms with Gasteiger partial charge in [0.2, 0.25) is 5.91 Å². The number of carbonyl (C=O) groups is 3. The highest BCUT2D eigenvalue weighted by Crippen LogP contribution is 2.34. The monoisotopic (exact) mass is 457 g/mol. The minimum absolute atomic E-state index is 0.0201. The van der Waals surface area contributed by atoms with E-state index < -0.39 is 39.3 Å². The first kappa shape index (κ1) is 23.5. The lowest BCUT2D eigenvalue weighted by Gasteiger charge is -2.08. The second kappa shape index (κ2) is 9.81. The first-order valence-electron chi connectivity index (χ1n) is 8.86. The number of sulfone groups is 1. The zero-order valence-corrected chi connectivity index (χ0v) is 18.1. The minimum atomic E-state index is -4.05. The summed E-state index contributed by atoms with van der Waals surface area (Å²) >= 11 is 0.789. The Labute approximate surface area is 176 Å². The third-order valence-electron chi connectivity index (χ3n) is 3.83. The van der Waals surface area contributed by atoms with E-state index in [1.165, 1.54) is 6.92 Å². The first-order valence-corrected chi connectivity index (χ1v) is 11.3. The van der Waals surface area contributed by atoms with Crippen LogP contribution < -0.4 is 5.32 Å². The number of anilines is 1. The summed E-state index contributed by atoms with van der Waals surface area (Å²) in [5, 5.41) is 2.34. The Balaban J connectivity index is 2.32. The molecule has 0 aliphatic heterocycles. The second-order valence-corrected chi connectivity index (χ2v) is 8.97. The summed E-state index contributed by atoms with van der Waals surface area (Å²) < 4.78 is 47.7. The number of esters is 2. The number of nitrogens with one attached hydrogen (secondary N) is 1. The van der Waals surface area contributed by atoms with E-state index >= 15 is 0 Å². The van der Waals surface area contributed by atoms with Gasteiger partial charge in [-0.05, 0) is 50.6 Å². The quantitative estimate of drug-likeness (QED) is 0.479. The van der Waals surface area contributed by atoms with E-state index in [1.807, 2.05) is 0 Å². The SMILES string of the molecule is CCOC(=O)c1sc(NC(=O)CS(=O)(=O)c2ccc(F)cc2)c(C(=O)OCC)c1C. The van der Waals surface area contributed by atoms with Gasteiger partial charge in [0.1, 0.15) is 21.4 Å². The van der Waals surface area contributed by atoms with Crippen molar-refractivity contribution in [3.8, 4) is 0 Å². The van der Waals surface area contributed by atoms with Crippen molar-refractivity contribution in [1.29, 1.82) is 0 Å². The number of carbonyl (C=O) groups excluding carboxylic acids is 3. The number of hydrogen-bond acceptors (Lipinski definition) is 8. The van der Waals surface area contributed by atoms with Crippen LogP contribution in [-0.2, 0) is 24.1 Å². The van der Waals surface area contributed by atoms with Gasteiger partial charge in [-0.2, -0.15) is 0 Å². The van der Waals surface area contributed by atoms with Gasteiger partial charge in [-0.1, -0.05) is 0 Å². The molecule has 0 unspecified atom stereocenters. The topological polar surface area (TPSA) is 116 Å². The summed E-state index contributed by atoms with van der Waals surface area (Å²) in [7, 11) is -4.05. The number of ether oxygens (including phenoxy) is 2. The molecule has 2 aromatic rings. The molecule has 0 fully saturated rings. The van der Waals surface area contributed by atoms with Crippen molar-refractivity contribution in [3.05, 3.63) is 46.1 Å². The molecular formula is C19H20FNO7S2. The van der Waals surface area contributed by atoms with Crippen LogP contribution in [0.3, 0.4) is 0 Å². The molecule has 30 heavy (non-hydrogen) atoms. The Bertz CT molecular complexity index is 1060. The lowest BCUT2D eigenvalue weighted by Crippen LogP contribution is -2.23. The maximum Gasteiger partial charge on any atom is 0.348 e. The molecule has 1 heterocycles. The number of amides is 1. The summed E-state index contributed by atoms with van der Waals surface area (Å²) in [4.78, 5) is 36.7. The van der Waals surface area contributed by atoms with Gasteiger partial charge in [-0.3, -0.25) is 4.79 Å². The van der Waals surface area contributed by atoms with E-state index in [4.69, 9.17) is 9.47 Å². The fraction of sp³-hybridized carbons (Fsp3) is 0.316. The molecule has 1 aromatic heterocycles. The molecule has 0 atom stereocenters. The molecule has 0 radical (unpaired) electrons. The van der Waals surface area contributed by atoms with Crippen molar-refractivity contribution in [2.75, 3.05) is 24.3 Å². The van der Waals surface area contributed by atoms with Gasteiger partial charge in [0.15, 0.2) is 9.84 Å². The van der Waals surface area contributed by atoms with Crippen LogP contribution >= 0.6 is 11.3 Å². The molecule has 1 aromatic carbocycles. The van der Waals surface area contributed by atoms with Crippen molar-refractivity contribution in [1.82, 2.24) is 0 Å². The molecule has 2 rings (SSSR count). The van der Waals surface area contributed by atoms with E-state index in [0.29, 0.717) is 0 Å². The predicted octanol–water partition coefficient (Wildman–Crippen LogP) is 2.96. The van der Waals surface area contributed by atoms with Crippen LogP contribution in [0.5, 0.6) is 0 Å². The van der Waals surface area contributed by atoms with E-state index in [9.17, 15) is 27.2 Å². The number of thiophene rings is 1. The predicted molar refractivity (Wildman–Crippen MR) is 108 cm³/mol. The van der Waals surface area contributed by atoms with Gasteiger partial charge in [0.05, 0.1) is 23.7 Å². The highest BCUT2D eigenvalue weighted by molar-refractivity contribution is 7.92. The lowest BCUT2D eigenvalue weighted by molar-refractivity contribution is -0.113. The fourth-order valence-corrected chi connectivity index (χ4v) is 4.74. The summed E-state index contributed by atoms with van der Waals surface area (Å²) in [5.74, 6) is -3.92. The Morgan fingerprint density at radius 1 is 1.03 bits per heavy atom. The largest absolute Gasteiger partial charge is 0.462 e. The van der Waals surface area contributed by atoms with Crippen LogP contribution in [0, 0.1) is 12.7 Å². The molecule has 0 aliphatic carbocycles. The van der Waals surface area contributed by atoms with Crippen molar-refractivity contribution >= 4 is 44.0 Å². The van der Waals surface area contributed by atoms with Crippen LogP contribution in [0.2, 0.25) is 0 Å². The van der Waals surface area contributed by atoms with Gasteiger partial charge < -0.3 is 14.8 Å². The van der Waals surface area contributed by atoms with Crippen LogP contribution in [0.1, 0.15) is 39.4 Å². The van der Waals surface area contributed by atoms with Crippen molar-refractivity contribution in [2.45, 2.75) is 25.7 Å². The number of rotatable bonds is 8. The number of benzene rings is 1. The van der Waals surface area contributed by atoms with Crippen LogP contribution in [0.15, 0.2) is 29.2 Å². The van der Waals surface area contributed by atoms with Gasteiger partial charge in [0, 0.05) is 0 Å². The van der Waals surface area contributed by atoms with E-state index in [0.717, 1.165) is 35.6 Å². The van der Waals surface area contributed by atoms with E-state index in [-0.39, 0.29) is 39.1 Å². The van der Waals surface area contributed by atoms with Crippen LogP contribution in [0.25, 0.3) is 0 Å². The Morgan fingerprint density at radius 2 is 1.60 bits per heavy atom. The minimum Gasteiger partial charge on any atom is -0.462 e. The average molecular weight is 458 g/mol. The Morgan fingerprint density at radius 3 is 2.17 bits per heavy atom. The molecule has 8 nitrogen and oxygen atoms in total.